The highest BCUT2D eigenvalue weighted by Crippen LogP contribution is 2.38. The second-order valence-electron chi connectivity index (χ2n) is 10.6. The van der Waals surface area contributed by atoms with Crippen LogP contribution in [0.4, 0.5) is 5.00 Å². The molecule has 0 saturated carbocycles. The second kappa shape index (κ2) is 14.9. The maximum Gasteiger partial charge on any atom is 0.274 e. The van der Waals surface area contributed by atoms with Crippen molar-refractivity contribution in [2.75, 3.05) is 31.5 Å². The molecule has 8 nitrogen and oxygen atoms in total. The van der Waals surface area contributed by atoms with Crippen molar-refractivity contribution >= 4 is 40.3 Å². The SMILES string of the molecule is CCN(CC)CCN(Cc1cccc(C(=O)Nc2sc3c(c2C(=O)NN=Cc2ccc(C)cc2)CCCC3)c1)C(C)=O. The molecule has 1 aliphatic rings. The van der Waals surface area contributed by atoms with E-state index in [0.717, 1.165) is 72.4 Å². The molecule has 2 aromatic carbocycles. The normalized spacial score (nSPS) is 12.8. The molecule has 0 atom stereocenters. The molecule has 42 heavy (non-hydrogen) atoms. The van der Waals surface area contributed by atoms with Gasteiger partial charge in [-0.2, -0.15) is 5.10 Å². The third-order valence-electron chi connectivity index (χ3n) is 7.67. The molecule has 222 valence electrons. The van der Waals surface area contributed by atoms with Gasteiger partial charge in [0, 0.05) is 37.0 Å². The zero-order valence-corrected chi connectivity index (χ0v) is 25.9. The van der Waals surface area contributed by atoms with Crippen LogP contribution in [0.15, 0.2) is 53.6 Å². The van der Waals surface area contributed by atoms with Gasteiger partial charge in [-0.05, 0) is 74.5 Å². The number of nitrogens with one attached hydrogen (secondary N) is 2. The Morgan fingerprint density at radius 3 is 2.43 bits per heavy atom. The minimum absolute atomic E-state index is 0.00173. The fourth-order valence-corrected chi connectivity index (χ4v) is 6.41. The highest BCUT2D eigenvalue weighted by molar-refractivity contribution is 7.17. The summed E-state index contributed by atoms with van der Waals surface area (Å²) in [5, 5.41) is 7.74. The average molecular weight is 588 g/mol. The molecule has 0 radical (unpaired) electrons. The van der Waals surface area contributed by atoms with Crippen LogP contribution in [0.1, 0.15) is 81.5 Å². The largest absolute Gasteiger partial charge is 0.337 e. The number of rotatable bonds is 12. The molecule has 4 rings (SSSR count). The molecule has 0 unspecified atom stereocenters. The van der Waals surface area contributed by atoms with Gasteiger partial charge in [-0.15, -0.1) is 11.3 Å². The van der Waals surface area contributed by atoms with Crippen LogP contribution in [-0.2, 0) is 24.2 Å². The van der Waals surface area contributed by atoms with Crippen LogP contribution in [0, 0.1) is 6.92 Å². The minimum atomic E-state index is -0.327. The number of hydrogen-bond acceptors (Lipinski definition) is 6. The first-order chi connectivity index (χ1) is 20.3. The number of nitrogens with zero attached hydrogens (tertiary/aromatic N) is 3. The van der Waals surface area contributed by atoms with E-state index in [2.05, 4.69) is 34.6 Å². The first-order valence-electron chi connectivity index (χ1n) is 14.7. The van der Waals surface area contributed by atoms with Crippen molar-refractivity contribution < 1.29 is 14.4 Å². The van der Waals surface area contributed by atoms with E-state index < -0.39 is 0 Å². The summed E-state index contributed by atoms with van der Waals surface area (Å²) in [5.74, 6) is -0.612. The van der Waals surface area contributed by atoms with Crippen molar-refractivity contribution in [2.24, 2.45) is 5.10 Å². The first kappa shape index (κ1) is 31.1. The van der Waals surface area contributed by atoms with Gasteiger partial charge >= 0.3 is 0 Å². The van der Waals surface area contributed by atoms with Gasteiger partial charge in [0.1, 0.15) is 5.00 Å². The average Bonchev–Trinajstić information content (AvgIpc) is 3.35. The number of hydrogen-bond donors (Lipinski definition) is 2. The maximum atomic E-state index is 13.4. The summed E-state index contributed by atoms with van der Waals surface area (Å²) in [4.78, 5) is 44.4. The number of aryl methyl sites for hydroxylation is 2. The Morgan fingerprint density at radius 1 is 0.976 bits per heavy atom. The highest BCUT2D eigenvalue weighted by Gasteiger charge is 2.26. The standard InChI is InChI=1S/C33H41N5O3S/c1-5-37(6-2)18-19-38(24(4)39)22-26-10-9-11-27(20-26)31(40)35-33-30(28-12-7-8-13-29(28)42-33)32(41)36-34-21-25-16-14-23(3)15-17-25/h9-11,14-17,20-21H,5-8,12-13,18-19,22H2,1-4H3,(H,35,40)(H,36,41). The molecule has 0 fully saturated rings. The van der Waals surface area contributed by atoms with Crippen LogP contribution in [0.3, 0.4) is 0 Å². The molecule has 1 heterocycles. The number of likely N-dealkylation sites (N-methyl/N-ethyl adjacent to an activating group) is 1. The zero-order chi connectivity index (χ0) is 30.1. The fraction of sp³-hybridized carbons (Fsp3) is 0.394. The van der Waals surface area contributed by atoms with E-state index in [1.807, 2.05) is 54.3 Å². The third kappa shape index (κ3) is 8.14. The Kier molecular flexibility index (Phi) is 11.0. The Labute approximate surface area is 252 Å². The van der Waals surface area contributed by atoms with E-state index >= 15 is 0 Å². The number of anilines is 1. The van der Waals surface area contributed by atoms with Gasteiger partial charge in [-0.3, -0.25) is 14.4 Å². The monoisotopic (exact) mass is 587 g/mol. The third-order valence-corrected chi connectivity index (χ3v) is 8.88. The van der Waals surface area contributed by atoms with E-state index in [9.17, 15) is 14.4 Å². The second-order valence-corrected chi connectivity index (χ2v) is 11.8. The van der Waals surface area contributed by atoms with E-state index in [1.54, 1.807) is 19.2 Å². The van der Waals surface area contributed by atoms with Gasteiger partial charge in [0.05, 0.1) is 11.8 Å². The summed E-state index contributed by atoms with van der Waals surface area (Å²) in [5.41, 5.74) is 7.57. The lowest BCUT2D eigenvalue weighted by Gasteiger charge is -2.25. The van der Waals surface area contributed by atoms with E-state index in [4.69, 9.17) is 0 Å². The van der Waals surface area contributed by atoms with Gasteiger partial charge in [0.2, 0.25) is 5.91 Å². The zero-order valence-electron chi connectivity index (χ0n) is 25.0. The van der Waals surface area contributed by atoms with Crippen LogP contribution in [0.5, 0.6) is 0 Å². The summed E-state index contributed by atoms with van der Waals surface area (Å²) in [7, 11) is 0. The highest BCUT2D eigenvalue weighted by atomic mass is 32.1. The maximum absolute atomic E-state index is 13.4. The number of fused-ring (bicyclic) bond motifs is 1. The van der Waals surface area contributed by atoms with Gasteiger partial charge in [-0.25, -0.2) is 5.43 Å². The van der Waals surface area contributed by atoms with Crippen molar-refractivity contribution in [3.63, 3.8) is 0 Å². The van der Waals surface area contributed by atoms with Crippen molar-refractivity contribution in [1.82, 2.24) is 15.2 Å². The summed E-state index contributed by atoms with van der Waals surface area (Å²) < 4.78 is 0. The molecule has 3 aromatic rings. The predicted molar refractivity (Wildman–Crippen MR) is 170 cm³/mol. The van der Waals surface area contributed by atoms with Crippen molar-refractivity contribution in [3.8, 4) is 0 Å². The lowest BCUT2D eigenvalue weighted by molar-refractivity contribution is -0.129. The minimum Gasteiger partial charge on any atom is -0.337 e. The molecule has 1 aliphatic carbocycles. The molecule has 1 aromatic heterocycles. The van der Waals surface area contributed by atoms with Crippen LogP contribution in [-0.4, -0.2) is 59.9 Å². The van der Waals surface area contributed by atoms with Crippen molar-refractivity contribution in [1.29, 1.82) is 0 Å². The number of hydrazone groups is 1. The van der Waals surface area contributed by atoms with Crippen LogP contribution in [0.25, 0.3) is 0 Å². The van der Waals surface area contributed by atoms with Crippen molar-refractivity contribution in [3.05, 3.63) is 86.8 Å². The van der Waals surface area contributed by atoms with E-state index in [-0.39, 0.29) is 17.7 Å². The molecule has 3 amide bonds. The fourth-order valence-electron chi connectivity index (χ4n) is 5.12. The molecule has 0 spiro atoms. The molecule has 0 aliphatic heterocycles. The Balaban J connectivity index is 1.49. The summed E-state index contributed by atoms with van der Waals surface area (Å²) >= 11 is 1.47. The van der Waals surface area contributed by atoms with E-state index in [1.165, 1.54) is 11.3 Å². The molecular weight excluding hydrogens is 546 g/mol. The summed E-state index contributed by atoms with van der Waals surface area (Å²) in [6.07, 6.45) is 5.39. The first-order valence-corrected chi connectivity index (χ1v) is 15.5. The lowest BCUT2D eigenvalue weighted by Crippen LogP contribution is -2.37. The number of benzene rings is 2. The van der Waals surface area contributed by atoms with Gasteiger partial charge < -0.3 is 15.1 Å². The molecule has 9 heteroatoms. The number of amides is 3. The van der Waals surface area contributed by atoms with Gasteiger partial charge in [0.15, 0.2) is 0 Å². The molecule has 0 saturated heterocycles. The Morgan fingerprint density at radius 2 is 1.71 bits per heavy atom. The number of carbonyl (C=O) groups excluding carboxylic acids is 3. The summed E-state index contributed by atoms with van der Waals surface area (Å²) in [6.45, 7) is 11.5. The molecule has 0 bridgehead atoms. The van der Waals surface area contributed by atoms with Gasteiger partial charge in [0.25, 0.3) is 11.8 Å². The predicted octanol–water partition coefficient (Wildman–Crippen LogP) is 5.64. The van der Waals surface area contributed by atoms with Crippen LogP contribution < -0.4 is 10.7 Å². The van der Waals surface area contributed by atoms with E-state index in [0.29, 0.717) is 29.2 Å². The smallest absolute Gasteiger partial charge is 0.274 e. The Bertz CT molecular complexity index is 1430. The summed E-state index contributed by atoms with van der Waals surface area (Å²) in [6, 6.07) is 15.2. The van der Waals surface area contributed by atoms with Crippen LogP contribution in [0.2, 0.25) is 0 Å². The number of thiophene rings is 1. The molecular formula is C33H41N5O3S. The lowest BCUT2D eigenvalue weighted by atomic mass is 9.95. The number of carbonyl (C=O) groups is 3. The van der Waals surface area contributed by atoms with Crippen LogP contribution >= 0.6 is 11.3 Å². The molecule has 2 N–H and O–H groups in total. The quantitative estimate of drug-likeness (QED) is 0.212. The van der Waals surface area contributed by atoms with Gasteiger partial charge in [-0.1, -0.05) is 55.8 Å². The Hall–Kier alpha value is -3.82. The van der Waals surface area contributed by atoms with Crippen molar-refractivity contribution in [2.45, 2.75) is 59.9 Å². The topological polar surface area (TPSA) is 94.1 Å².